The first-order chi connectivity index (χ1) is 13.8. The summed E-state index contributed by atoms with van der Waals surface area (Å²) in [6.07, 6.45) is 3.17. The van der Waals surface area contributed by atoms with Crippen molar-refractivity contribution in [1.29, 1.82) is 0 Å². The molecule has 0 radical (unpaired) electrons. The van der Waals surface area contributed by atoms with Gasteiger partial charge in [-0.15, -0.1) is 0 Å². The second-order valence-corrected chi connectivity index (χ2v) is 6.53. The van der Waals surface area contributed by atoms with E-state index in [1.165, 1.54) is 12.1 Å². The molecule has 0 saturated heterocycles. The quantitative estimate of drug-likeness (QED) is 0.741. The van der Waals surface area contributed by atoms with E-state index in [1.54, 1.807) is 13.0 Å². The SMILES string of the molecule is C=C(/C=C\C(=C(\C)N)c1cc2c(cc1C)OCO2)NC(=O)c1c(F)cccc1F. The Kier molecular flexibility index (Phi) is 5.68. The number of aryl methyl sites for hydroxylation is 1. The van der Waals surface area contributed by atoms with Crippen LogP contribution in [0.1, 0.15) is 28.4 Å². The Morgan fingerprint density at radius 3 is 2.41 bits per heavy atom. The Labute approximate surface area is 167 Å². The van der Waals surface area contributed by atoms with Crippen molar-refractivity contribution in [2.75, 3.05) is 6.79 Å². The third kappa shape index (κ3) is 4.29. The van der Waals surface area contributed by atoms with Crippen LogP contribution in [0.4, 0.5) is 8.78 Å². The van der Waals surface area contributed by atoms with Crippen LogP contribution in [0.3, 0.4) is 0 Å². The Bertz CT molecular complexity index is 1030. The number of halogens is 2. The summed E-state index contributed by atoms with van der Waals surface area (Å²) in [6.45, 7) is 7.51. The standard InChI is InChI=1S/C22H20F2N2O3/c1-12-9-19-20(29-11-28-19)10-16(12)15(14(3)25)8-7-13(2)26-22(27)21-17(23)5-4-6-18(21)24/h4-10H,2,11,25H2,1,3H3,(H,26,27)/b8-7-,15-14+. The van der Waals surface area contributed by atoms with Gasteiger partial charge in [0.2, 0.25) is 6.79 Å². The summed E-state index contributed by atoms with van der Waals surface area (Å²) < 4.78 is 38.3. The molecule has 0 fully saturated rings. The van der Waals surface area contributed by atoms with Gasteiger partial charge in [0.15, 0.2) is 11.5 Å². The van der Waals surface area contributed by atoms with E-state index in [0.717, 1.165) is 23.3 Å². The van der Waals surface area contributed by atoms with Crippen LogP contribution in [0.2, 0.25) is 0 Å². The summed E-state index contributed by atoms with van der Waals surface area (Å²) in [6, 6.07) is 6.88. The fourth-order valence-electron chi connectivity index (χ4n) is 2.92. The maximum Gasteiger partial charge on any atom is 0.261 e. The molecule has 29 heavy (non-hydrogen) atoms. The Hall–Kier alpha value is -3.61. The maximum absolute atomic E-state index is 13.8. The third-order valence-corrected chi connectivity index (χ3v) is 4.35. The highest BCUT2D eigenvalue weighted by atomic mass is 19.1. The van der Waals surface area contributed by atoms with Crippen molar-refractivity contribution < 1.29 is 23.0 Å². The molecule has 0 spiro atoms. The fraction of sp³-hybridized carbons (Fsp3) is 0.136. The zero-order valence-electron chi connectivity index (χ0n) is 16.0. The molecule has 150 valence electrons. The molecule has 0 saturated carbocycles. The number of benzene rings is 2. The van der Waals surface area contributed by atoms with Crippen LogP contribution in [0, 0.1) is 18.6 Å². The lowest BCUT2D eigenvalue weighted by Gasteiger charge is -2.11. The van der Waals surface area contributed by atoms with Gasteiger partial charge in [-0.3, -0.25) is 4.79 Å². The van der Waals surface area contributed by atoms with Gasteiger partial charge in [0.1, 0.15) is 17.2 Å². The van der Waals surface area contributed by atoms with Crippen molar-refractivity contribution in [3.8, 4) is 11.5 Å². The van der Waals surface area contributed by atoms with Crippen molar-refractivity contribution in [3.05, 3.63) is 88.8 Å². The number of allylic oxidation sites excluding steroid dienone is 4. The molecule has 0 aliphatic carbocycles. The summed E-state index contributed by atoms with van der Waals surface area (Å²) in [5.41, 5.74) is 8.48. The molecular weight excluding hydrogens is 378 g/mol. The van der Waals surface area contributed by atoms with Crippen LogP contribution in [-0.2, 0) is 0 Å². The van der Waals surface area contributed by atoms with E-state index >= 15 is 0 Å². The second-order valence-electron chi connectivity index (χ2n) is 6.53. The number of amides is 1. The van der Waals surface area contributed by atoms with Crippen molar-refractivity contribution >= 4 is 11.5 Å². The van der Waals surface area contributed by atoms with E-state index in [2.05, 4.69) is 11.9 Å². The summed E-state index contributed by atoms with van der Waals surface area (Å²) in [4.78, 5) is 12.2. The monoisotopic (exact) mass is 398 g/mol. The van der Waals surface area contributed by atoms with Crippen LogP contribution in [0.25, 0.3) is 5.57 Å². The first-order valence-corrected chi connectivity index (χ1v) is 8.77. The molecule has 7 heteroatoms. The number of fused-ring (bicyclic) bond motifs is 1. The zero-order valence-corrected chi connectivity index (χ0v) is 16.0. The molecule has 1 amide bonds. The van der Waals surface area contributed by atoms with Crippen molar-refractivity contribution in [2.45, 2.75) is 13.8 Å². The molecule has 0 bridgehead atoms. The Balaban J connectivity index is 1.81. The largest absolute Gasteiger partial charge is 0.454 e. The van der Waals surface area contributed by atoms with Gasteiger partial charge in [-0.2, -0.15) is 0 Å². The molecule has 3 rings (SSSR count). The summed E-state index contributed by atoms with van der Waals surface area (Å²) in [7, 11) is 0. The number of hydrogen-bond donors (Lipinski definition) is 2. The highest BCUT2D eigenvalue weighted by Crippen LogP contribution is 2.37. The molecule has 0 aromatic heterocycles. The second kappa shape index (κ2) is 8.18. The molecule has 3 N–H and O–H groups in total. The molecule has 5 nitrogen and oxygen atoms in total. The van der Waals surface area contributed by atoms with E-state index in [9.17, 15) is 13.6 Å². The first-order valence-electron chi connectivity index (χ1n) is 8.77. The van der Waals surface area contributed by atoms with Crippen LogP contribution in [0.15, 0.2) is 60.5 Å². The number of rotatable bonds is 5. The predicted octanol–water partition coefficient (Wildman–Crippen LogP) is 4.19. The highest BCUT2D eigenvalue weighted by molar-refractivity contribution is 5.96. The smallest absolute Gasteiger partial charge is 0.261 e. The lowest BCUT2D eigenvalue weighted by atomic mass is 9.97. The lowest BCUT2D eigenvalue weighted by Crippen LogP contribution is -2.23. The number of nitrogens with one attached hydrogen (secondary N) is 1. The van der Waals surface area contributed by atoms with Gasteiger partial charge < -0.3 is 20.5 Å². The van der Waals surface area contributed by atoms with Gasteiger partial charge in [0, 0.05) is 17.0 Å². The summed E-state index contributed by atoms with van der Waals surface area (Å²) in [5, 5.41) is 2.37. The molecule has 0 atom stereocenters. The van der Waals surface area contributed by atoms with E-state index in [-0.39, 0.29) is 12.5 Å². The number of carbonyl (C=O) groups excluding carboxylic acids is 1. The van der Waals surface area contributed by atoms with Crippen molar-refractivity contribution in [3.63, 3.8) is 0 Å². The van der Waals surface area contributed by atoms with Crippen LogP contribution in [0.5, 0.6) is 11.5 Å². The summed E-state index contributed by atoms with van der Waals surface area (Å²) >= 11 is 0. The normalized spacial score (nSPS) is 13.4. The molecule has 2 aromatic rings. The number of nitrogens with two attached hydrogens (primary N) is 1. The van der Waals surface area contributed by atoms with Crippen molar-refractivity contribution in [2.24, 2.45) is 5.73 Å². The number of hydrogen-bond acceptors (Lipinski definition) is 4. The van der Waals surface area contributed by atoms with E-state index in [0.29, 0.717) is 22.8 Å². The first kappa shape index (κ1) is 20.1. The molecule has 1 heterocycles. The van der Waals surface area contributed by atoms with Gasteiger partial charge in [-0.1, -0.05) is 18.7 Å². The maximum atomic E-state index is 13.8. The minimum atomic E-state index is -0.950. The Morgan fingerprint density at radius 1 is 1.17 bits per heavy atom. The van der Waals surface area contributed by atoms with Crippen LogP contribution in [-0.4, -0.2) is 12.7 Å². The Morgan fingerprint density at radius 2 is 1.79 bits per heavy atom. The number of carbonyl (C=O) groups is 1. The van der Waals surface area contributed by atoms with Gasteiger partial charge in [0.05, 0.1) is 0 Å². The van der Waals surface area contributed by atoms with Crippen LogP contribution < -0.4 is 20.5 Å². The highest BCUT2D eigenvalue weighted by Gasteiger charge is 2.18. The third-order valence-electron chi connectivity index (χ3n) is 4.35. The predicted molar refractivity (Wildman–Crippen MR) is 106 cm³/mol. The average molecular weight is 398 g/mol. The summed E-state index contributed by atoms with van der Waals surface area (Å²) in [5.74, 6) is -1.56. The van der Waals surface area contributed by atoms with Gasteiger partial charge in [-0.25, -0.2) is 8.78 Å². The van der Waals surface area contributed by atoms with E-state index in [4.69, 9.17) is 15.2 Å². The lowest BCUT2D eigenvalue weighted by molar-refractivity contribution is 0.0959. The number of ether oxygens (including phenoxy) is 2. The topological polar surface area (TPSA) is 73.6 Å². The molecule has 1 aliphatic rings. The van der Waals surface area contributed by atoms with Gasteiger partial charge in [-0.05, 0) is 55.3 Å². The average Bonchev–Trinajstić information content (AvgIpc) is 3.08. The van der Waals surface area contributed by atoms with E-state index < -0.39 is 23.1 Å². The van der Waals surface area contributed by atoms with Crippen LogP contribution >= 0.6 is 0 Å². The molecule has 1 aliphatic heterocycles. The fourth-order valence-corrected chi connectivity index (χ4v) is 2.92. The minimum absolute atomic E-state index is 0.148. The molecular formula is C22H20F2N2O3. The molecule has 0 unspecified atom stereocenters. The minimum Gasteiger partial charge on any atom is -0.454 e. The van der Waals surface area contributed by atoms with Gasteiger partial charge in [0.25, 0.3) is 5.91 Å². The van der Waals surface area contributed by atoms with Gasteiger partial charge >= 0.3 is 0 Å². The zero-order chi connectivity index (χ0) is 21.1. The molecule has 2 aromatic carbocycles. The van der Waals surface area contributed by atoms with E-state index in [1.807, 2.05) is 19.1 Å². The van der Waals surface area contributed by atoms with Crippen molar-refractivity contribution in [1.82, 2.24) is 5.32 Å².